The van der Waals surface area contributed by atoms with Gasteiger partial charge >= 0.3 is 122 Å². The monoisotopic (exact) mass is 331 g/mol. The molecule has 1 aliphatic heterocycles. The van der Waals surface area contributed by atoms with E-state index in [0.29, 0.717) is 31.8 Å². The van der Waals surface area contributed by atoms with E-state index >= 15 is 0 Å². The third kappa shape index (κ3) is 1.91. The van der Waals surface area contributed by atoms with Crippen LogP contribution in [0.25, 0.3) is 0 Å². The van der Waals surface area contributed by atoms with Crippen molar-refractivity contribution in [2.45, 2.75) is 62.7 Å². The van der Waals surface area contributed by atoms with Crippen LogP contribution in [-0.2, 0) is 4.74 Å². The molecule has 19 heavy (non-hydrogen) atoms. The normalized spacial score (nSPS) is 46.3. The summed E-state index contributed by atoms with van der Waals surface area (Å²) >= 11 is 0.511. The van der Waals surface area contributed by atoms with E-state index in [-0.39, 0.29) is 10.8 Å². The second-order valence-electron chi connectivity index (χ2n) is 7.07. The first kappa shape index (κ1) is 13.9. The van der Waals surface area contributed by atoms with Crippen molar-refractivity contribution in [2.24, 2.45) is 21.9 Å². The van der Waals surface area contributed by atoms with E-state index < -0.39 is 0 Å². The fraction of sp³-hybridized carbons (Fsp3) is 0.933. The number of nitrogens with zero attached hydrogens (tertiary/aromatic N) is 1. The van der Waals surface area contributed by atoms with Crippen LogP contribution >= 0.6 is 0 Å². The fourth-order valence-corrected chi connectivity index (χ4v) is 8.28. The standard InChI is InChI=1S/C15H25NO2Se/c1-14(2)11-6-7-15(14,3)13(16-17)12(11)19-9-10-5-4-8-18-10/h10-12,17H,4-9H2,1-3H3/b16-13-/t10?,11-,12+,15+/m1/s1. The van der Waals surface area contributed by atoms with Crippen molar-refractivity contribution in [3.05, 3.63) is 0 Å². The van der Waals surface area contributed by atoms with Gasteiger partial charge < -0.3 is 0 Å². The molecular formula is C15H25NO2Se. The molecule has 3 fully saturated rings. The van der Waals surface area contributed by atoms with Gasteiger partial charge in [-0.3, -0.25) is 0 Å². The minimum absolute atomic E-state index is 0.120. The van der Waals surface area contributed by atoms with Crippen molar-refractivity contribution in [2.75, 3.05) is 6.61 Å². The number of fused-ring (bicyclic) bond motifs is 2. The van der Waals surface area contributed by atoms with Crippen LogP contribution in [0.3, 0.4) is 0 Å². The number of hydrogen-bond donors (Lipinski definition) is 1. The van der Waals surface area contributed by atoms with Gasteiger partial charge in [-0.05, 0) is 0 Å². The maximum absolute atomic E-state index is 9.51. The topological polar surface area (TPSA) is 41.8 Å². The summed E-state index contributed by atoms with van der Waals surface area (Å²) in [5.41, 5.74) is 1.51. The molecule has 3 nitrogen and oxygen atoms in total. The van der Waals surface area contributed by atoms with Crippen LogP contribution in [0.1, 0.15) is 46.5 Å². The predicted octanol–water partition coefficient (Wildman–Crippen LogP) is 3.36. The molecule has 0 radical (unpaired) electrons. The molecule has 4 heteroatoms. The van der Waals surface area contributed by atoms with Gasteiger partial charge in [-0.25, -0.2) is 0 Å². The summed E-state index contributed by atoms with van der Waals surface area (Å²) in [7, 11) is 0. The molecule has 2 aliphatic carbocycles. The van der Waals surface area contributed by atoms with Crippen LogP contribution in [0, 0.1) is 16.7 Å². The number of hydrogen-bond acceptors (Lipinski definition) is 3. The van der Waals surface area contributed by atoms with Gasteiger partial charge in [-0.2, -0.15) is 0 Å². The van der Waals surface area contributed by atoms with E-state index in [1.807, 2.05) is 0 Å². The molecule has 0 aromatic rings. The van der Waals surface area contributed by atoms with E-state index in [2.05, 4.69) is 25.9 Å². The summed E-state index contributed by atoms with van der Waals surface area (Å²) in [5.74, 6) is 0.713. The van der Waals surface area contributed by atoms with Gasteiger partial charge in [0, 0.05) is 0 Å². The average molecular weight is 330 g/mol. The SMILES string of the molecule is CC1(C)[C@@H]2CC[C@@]1(C)/C(=N\O)[C@H]2[Se]CC1CCCO1. The maximum atomic E-state index is 9.51. The Bertz CT molecular complexity index is 390. The third-order valence-corrected chi connectivity index (χ3v) is 9.19. The Balaban J connectivity index is 1.75. The molecule has 1 heterocycles. The molecule has 3 aliphatic rings. The third-order valence-electron chi connectivity index (χ3n) is 6.10. The number of ether oxygens (including phenoxy) is 1. The zero-order chi connectivity index (χ0) is 13.7. The molecule has 0 amide bonds. The molecule has 4 atom stereocenters. The van der Waals surface area contributed by atoms with Gasteiger partial charge in [0.2, 0.25) is 0 Å². The van der Waals surface area contributed by atoms with Crippen molar-refractivity contribution >= 4 is 20.7 Å². The molecule has 1 N–H and O–H groups in total. The van der Waals surface area contributed by atoms with E-state index in [9.17, 15) is 5.21 Å². The van der Waals surface area contributed by atoms with E-state index in [1.54, 1.807) is 0 Å². The molecule has 0 aromatic heterocycles. The molecule has 2 bridgehead atoms. The molecule has 0 spiro atoms. The van der Waals surface area contributed by atoms with Crippen LogP contribution in [0.5, 0.6) is 0 Å². The zero-order valence-electron chi connectivity index (χ0n) is 12.2. The first-order chi connectivity index (χ1) is 9.00. The summed E-state index contributed by atoms with van der Waals surface area (Å²) in [6.07, 6.45) is 5.43. The first-order valence-electron chi connectivity index (χ1n) is 7.46. The van der Waals surface area contributed by atoms with Crippen molar-refractivity contribution in [3.8, 4) is 0 Å². The fourth-order valence-electron chi connectivity index (χ4n) is 4.38. The molecular weight excluding hydrogens is 305 g/mol. The first-order valence-corrected chi connectivity index (χ1v) is 9.66. The average Bonchev–Trinajstić information content (AvgIpc) is 2.99. The Kier molecular flexibility index (Phi) is 3.48. The van der Waals surface area contributed by atoms with Crippen molar-refractivity contribution in [3.63, 3.8) is 0 Å². The van der Waals surface area contributed by atoms with Crippen LogP contribution in [0.2, 0.25) is 10.1 Å². The molecule has 108 valence electrons. The van der Waals surface area contributed by atoms with Gasteiger partial charge in [0.05, 0.1) is 0 Å². The van der Waals surface area contributed by atoms with E-state index in [0.717, 1.165) is 12.3 Å². The summed E-state index contributed by atoms with van der Waals surface area (Å²) in [5, 5.41) is 14.5. The predicted molar refractivity (Wildman–Crippen MR) is 77.1 cm³/mol. The number of oxime groups is 1. The van der Waals surface area contributed by atoms with Gasteiger partial charge in [-0.15, -0.1) is 0 Å². The van der Waals surface area contributed by atoms with E-state index in [1.165, 1.54) is 31.0 Å². The second-order valence-corrected chi connectivity index (χ2v) is 9.54. The van der Waals surface area contributed by atoms with Crippen molar-refractivity contribution in [1.82, 2.24) is 0 Å². The Morgan fingerprint density at radius 2 is 2.16 bits per heavy atom. The summed E-state index contributed by atoms with van der Waals surface area (Å²) in [6, 6.07) is 0. The van der Waals surface area contributed by atoms with Crippen molar-refractivity contribution in [1.29, 1.82) is 0 Å². The summed E-state index contributed by atoms with van der Waals surface area (Å²) in [4.78, 5) is 0.537. The van der Waals surface area contributed by atoms with Crippen LogP contribution < -0.4 is 0 Å². The Morgan fingerprint density at radius 3 is 2.79 bits per heavy atom. The zero-order valence-corrected chi connectivity index (χ0v) is 13.9. The second kappa shape index (κ2) is 4.75. The van der Waals surface area contributed by atoms with Crippen molar-refractivity contribution < 1.29 is 9.94 Å². The summed E-state index contributed by atoms with van der Waals surface area (Å²) in [6.45, 7) is 8.00. The molecule has 0 aromatic carbocycles. The van der Waals surface area contributed by atoms with Gasteiger partial charge in [0.15, 0.2) is 0 Å². The van der Waals surface area contributed by atoms with Crippen LogP contribution in [0.15, 0.2) is 5.16 Å². The Labute approximate surface area is 122 Å². The van der Waals surface area contributed by atoms with E-state index in [4.69, 9.17) is 4.74 Å². The minimum atomic E-state index is 0.120. The number of rotatable bonds is 3. The van der Waals surface area contributed by atoms with Crippen LogP contribution in [0.4, 0.5) is 0 Å². The van der Waals surface area contributed by atoms with Gasteiger partial charge in [-0.1, -0.05) is 0 Å². The Morgan fingerprint density at radius 1 is 1.37 bits per heavy atom. The van der Waals surface area contributed by atoms with Crippen LogP contribution in [-0.4, -0.2) is 38.6 Å². The summed E-state index contributed by atoms with van der Waals surface area (Å²) < 4.78 is 5.75. The van der Waals surface area contributed by atoms with Gasteiger partial charge in [0.25, 0.3) is 0 Å². The quantitative estimate of drug-likeness (QED) is 0.490. The molecule has 2 saturated carbocycles. The molecule has 1 unspecified atom stereocenters. The molecule has 3 rings (SSSR count). The Hall–Kier alpha value is -0.0505. The molecule has 1 saturated heterocycles. The van der Waals surface area contributed by atoms with Gasteiger partial charge in [0.1, 0.15) is 0 Å².